The molecule has 0 spiro atoms. The first-order chi connectivity index (χ1) is 30.0. The quantitative estimate of drug-likeness (QED) is 0.0341. The summed E-state index contributed by atoms with van der Waals surface area (Å²) in [6.45, 7) is 0. The van der Waals surface area contributed by atoms with E-state index in [1.54, 1.807) is 37.2 Å². The number of aromatic nitrogens is 12. The minimum absolute atomic E-state index is 0. The number of carboxylic acid groups (broad SMARTS) is 6. The zero-order valence-electron chi connectivity index (χ0n) is 33.0. The molecular formula is C36H39MoN15O12. The van der Waals surface area contributed by atoms with Crippen molar-refractivity contribution in [2.24, 2.45) is 17.2 Å². The van der Waals surface area contributed by atoms with Crippen LogP contribution in [0.4, 0.5) is 0 Å². The fourth-order valence-corrected chi connectivity index (χ4v) is 3.68. The third kappa shape index (κ3) is 28.4. The molecule has 0 saturated heterocycles. The zero-order chi connectivity index (χ0) is 47.0. The molecule has 0 saturated carbocycles. The molecule has 27 nitrogen and oxygen atoms in total. The van der Waals surface area contributed by atoms with Crippen LogP contribution in [-0.2, 0) is 69.1 Å². The first-order valence-corrected chi connectivity index (χ1v) is 17.4. The Kier molecular flexibility index (Phi) is 28.5. The Morgan fingerprint density at radius 3 is 0.797 bits per heavy atom. The molecule has 28 heteroatoms. The van der Waals surface area contributed by atoms with Crippen LogP contribution >= 0.6 is 0 Å². The predicted molar refractivity (Wildman–Crippen MR) is 204 cm³/mol. The van der Waals surface area contributed by atoms with Crippen molar-refractivity contribution in [1.29, 1.82) is 0 Å². The maximum Gasteiger partial charge on any atom is 6.00 e. The van der Waals surface area contributed by atoms with Gasteiger partial charge in [0.15, 0.2) is 0 Å². The number of nitrogens with one attached hydrogen (secondary N) is 6. The zero-order valence-corrected chi connectivity index (χ0v) is 35.0. The van der Waals surface area contributed by atoms with E-state index in [2.05, 4.69) is 59.8 Å². The van der Waals surface area contributed by atoms with E-state index in [0.717, 1.165) is 18.2 Å². The summed E-state index contributed by atoms with van der Waals surface area (Å²) in [6.07, 6.45) is 25.8. The van der Waals surface area contributed by atoms with Gasteiger partial charge in [0, 0.05) is 74.6 Å². The molecule has 0 aliphatic carbocycles. The van der Waals surface area contributed by atoms with Gasteiger partial charge in [-0.25, -0.2) is 29.9 Å². The first-order valence-electron chi connectivity index (χ1n) is 17.4. The summed E-state index contributed by atoms with van der Waals surface area (Å²) in [4.78, 5) is 98.8. The van der Waals surface area contributed by atoms with Crippen LogP contribution in [0.3, 0.4) is 0 Å². The molecule has 12 N–H and O–H groups in total. The number of imidazole rings is 6. The molecule has 0 fully saturated rings. The Hall–Kier alpha value is -8.13. The number of carboxylic acids is 6. The van der Waals surface area contributed by atoms with E-state index in [9.17, 15) is 59.4 Å². The van der Waals surface area contributed by atoms with Crippen LogP contribution in [0.25, 0.3) is 18.2 Å². The van der Waals surface area contributed by atoms with Crippen molar-refractivity contribution in [1.82, 2.24) is 59.8 Å². The van der Waals surface area contributed by atoms with E-state index < -0.39 is 53.9 Å². The molecule has 6 heterocycles. The van der Waals surface area contributed by atoms with Gasteiger partial charge < -0.3 is 107 Å². The molecule has 6 rings (SSSR count). The van der Waals surface area contributed by atoms with Gasteiger partial charge in [-0.15, -0.1) is 0 Å². The second kappa shape index (κ2) is 32.6. The number of aromatic amines is 6. The minimum Gasteiger partial charge on any atom is -0.548 e. The topological polar surface area (TPSA) is 491 Å². The third-order valence-corrected chi connectivity index (χ3v) is 6.59. The number of carbonyl (C=O) groups is 6. The molecule has 0 amide bonds. The summed E-state index contributed by atoms with van der Waals surface area (Å²) in [5, 5.41) is 60.0. The maximum atomic E-state index is 10.2. The van der Waals surface area contributed by atoms with Crippen LogP contribution in [0.15, 0.2) is 93.4 Å². The number of carbonyl (C=O) groups excluding carboxylic acids is 6. The normalized spacial score (nSPS) is 11.5. The summed E-state index contributed by atoms with van der Waals surface area (Å²) in [5.74, 6) is -7.43. The number of hydrogen-bond donors (Lipinski definition) is 9. The average Bonchev–Trinajstić information content (AvgIpc) is 4.09. The van der Waals surface area contributed by atoms with Gasteiger partial charge in [0.05, 0.1) is 108 Å². The number of H-pyrrole nitrogens is 6. The third-order valence-electron chi connectivity index (χ3n) is 6.59. The molecule has 3 atom stereocenters. The van der Waals surface area contributed by atoms with Crippen LogP contribution in [0.1, 0.15) is 34.2 Å². The van der Waals surface area contributed by atoms with Crippen molar-refractivity contribution in [2.45, 2.75) is 37.4 Å². The molecule has 0 unspecified atom stereocenters. The van der Waals surface area contributed by atoms with Crippen molar-refractivity contribution in [3.8, 4) is 0 Å². The van der Waals surface area contributed by atoms with Crippen molar-refractivity contribution >= 4 is 54.0 Å². The van der Waals surface area contributed by atoms with Gasteiger partial charge in [-0.3, -0.25) is 0 Å². The van der Waals surface area contributed by atoms with Crippen LogP contribution in [0.2, 0.25) is 0 Å². The van der Waals surface area contributed by atoms with Gasteiger partial charge in [-0.05, 0) is 36.5 Å². The summed E-state index contributed by atoms with van der Waals surface area (Å²) in [6, 6.07) is -2.92. The van der Waals surface area contributed by atoms with E-state index >= 15 is 0 Å². The molecule has 0 radical (unpaired) electrons. The second-order valence-corrected chi connectivity index (χ2v) is 11.5. The predicted octanol–water partition coefficient (Wildman–Crippen LogP) is -8.40. The maximum absolute atomic E-state index is 10.2. The van der Waals surface area contributed by atoms with Crippen molar-refractivity contribution < 1.29 is 80.5 Å². The SMILES string of the molecule is N[C@@H](Cc1c[nH]cn1)C(=O)[O-].N[C@@H](Cc1c[nH]cn1)C(=O)[O-].N[C@@H](Cc1c[nH]cn1)C(=O)[O-].O=C([O-])C=Cc1c[nH]cn1.O=C([O-])C=Cc1c[nH]cn1.O=C([O-])C=Cc1c[nH]cn1.[Mo+6]. The van der Waals surface area contributed by atoms with Gasteiger partial charge >= 0.3 is 21.1 Å². The molecular weight excluding hydrogens is 930 g/mol. The van der Waals surface area contributed by atoms with E-state index in [1.165, 1.54) is 56.2 Å². The standard InChI is InChI=1S/3C6H9N3O2.3C6H6N2O2.Mo/c3*7-5(6(10)11)1-4-2-8-3-9-4;3*9-6(10)2-1-5-3-7-4-8-5;/h3*2-3,5H,1,7H2,(H,8,9)(H,10,11);3*1-4H,(H,7,8)(H,9,10);/q;;;;;;+6/p-6/t3*5-;;;;/m000..../s1. The van der Waals surface area contributed by atoms with Gasteiger partial charge in [-0.2, -0.15) is 0 Å². The molecule has 0 bridgehead atoms. The number of nitrogens with zero attached hydrogens (tertiary/aromatic N) is 6. The van der Waals surface area contributed by atoms with Crippen LogP contribution in [0, 0.1) is 0 Å². The molecule has 0 aliphatic rings. The van der Waals surface area contributed by atoms with E-state index in [-0.39, 0.29) is 40.3 Å². The average molecular weight is 970 g/mol. The number of aliphatic carboxylic acids is 6. The van der Waals surface area contributed by atoms with Crippen LogP contribution in [-0.4, -0.2) is 114 Å². The number of hydrogen-bond acceptors (Lipinski definition) is 21. The minimum atomic E-state index is -1.26. The largest absolute Gasteiger partial charge is 6.00 e. The summed E-state index contributed by atoms with van der Waals surface area (Å²) in [7, 11) is 0. The molecule has 6 aromatic heterocycles. The number of nitrogens with two attached hydrogens (primary N) is 3. The van der Waals surface area contributed by atoms with Crippen molar-refractivity contribution in [2.75, 3.05) is 0 Å². The monoisotopic (exact) mass is 971 g/mol. The van der Waals surface area contributed by atoms with Gasteiger partial charge in [0.1, 0.15) is 0 Å². The Labute approximate surface area is 375 Å². The summed E-state index contributed by atoms with van der Waals surface area (Å²) in [5.41, 5.74) is 19.2. The van der Waals surface area contributed by atoms with Gasteiger partial charge in [0.25, 0.3) is 0 Å². The molecule has 6 aromatic rings. The molecule has 64 heavy (non-hydrogen) atoms. The Morgan fingerprint density at radius 1 is 0.422 bits per heavy atom. The smallest absolute Gasteiger partial charge is 0.548 e. The molecule has 0 aliphatic heterocycles. The Balaban J connectivity index is 0.000000742. The van der Waals surface area contributed by atoms with Crippen molar-refractivity contribution in [3.05, 3.63) is 128 Å². The van der Waals surface area contributed by atoms with E-state index in [4.69, 9.17) is 17.2 Å². The van der Waals surface area contributed by atoms with E-state index in [1.807, 2.05) is 0 Å². The van der Waals surface area contributed by atoms with Gasteiger partial charge in [0.2, 0.25) is 0 Å². The number of rotatable bonds is 15. The van der Waals surface area contributed by atoms with E-state index in [0.29, 0.717) is 34.2 Å². The molecule has 0 aromatic carbocycles. The van der Waals surface area contributed by atoms with Crippen LogP contribution in [0.5, 0.6) is 0 Å². The second-order valence-electron chi connectivity index (χ2n) is 11.5. The fourth-order valence-electron chi connectivity index (χ4n) is 3.68. The fraction of sp³-hybridized carbons (Fsp3) is 0.167. The summed E-state index contributed by atoms with van der Waals surface area (Å²) < 4.78 is 0. The van der Waals surface area contributed by atoms with Crippen LogP contribution < -0.4 is 47.8 Å². The Morgan fingerprint density at radius 2 is 0.641 bits per heavy atom. The first kappa shape index (κ1) is 55.9. The summed E-state index contributed by atoms with van der Waals surface area (Å²) >= 11 is 0. The van der Waals surface area contributed by atoms with Gasteiger partial charge in [-0.1, -0.05) is 0 Å². The molecule has 336 valence electrons. The van der Waals surface area contributed by atoms with Crippen molar-refractivity contribution in [3.63, 3.8) is 0 Å². The Bertz CT molecular complexity index is 1990.